The topological polar surface area (TPSA) is 49.4 Å². The van der Waals surface area contributed by atoms with Crippen LogP contribution in [0, 0.1) is 11.8 Å². The van der Waals surface area contributed by atoms with Crippen LogP contribution in [0.3, 0.4) is 0 Å². The number of carbonyl (C=O) groups is 2. The lowest BCUT2D eigenvalue weighted by Gasteiger charge is -2.35. The average Bonchev–Trinajstić information content (AvgIpc) is 2.55. The summed E-state index contributed by atoms with van der Waals surface area (Å²) in [5.74, 6) is 5.79. The SMILES string of the molecule is CCCC#CCCCC(=O)N(NC(=O)c1ccccc1)C(C)(C)C. The number of benzene rings is 1. The van der Waals surface area contributed by atoms with Crippen molar-refractivity contribution in [1.82, 2.24) is 10.4 Å². The smallest absolute Gasteiger partial charge is 0.269 e. The molecule has 130 valence electrons. The molecule has 0 unspecified atom stereocenters. The molecule has 4 heteroatoms. The van der Waals surface area contributed by atoms with E-state index in [0.29, 0.717) is 24.8 Å². The summed E-state index contributed by atoms with van der Waals surface area (Å²) in [6.07, 6.45) is 3.72. The van der Waals surface area contributed by atoms with E-state index in [2.05, 4.69) is 24.2 Å². The predicted octanol–water partition coefficient (Wildman–Crippen LogP) is 3.93. The van der Waals surface area contributed by atoms with Gasteiger partial charge in [-0.15, -0.1) is 11.8 Å². The third-order valence-electron chi connectivity index (χ3n) is 3.36. The molecule has 2 amide bonds. The van der Waals surface area contributed by atoms with E-state index in [1.165, 1.54) is 5.01 Å². The fraction of sp³-hybridized carbons (Fsp3) is 0.500. The van der Waals surface area contributed by atoms with E-state index in [4.69, 9.17) is 0 Å². The Balaban J connectivity index is 2.64. The lowest BCUT2D eigenvalue weighted by atomic mass is 10.1. The third kappa shape index (κ3) is 6.87. The van der Waals surface area contributed by atoms with Gasteiger partial charge in [-0.2, -0.15) is 0 Å². The summed E-state index contributed by atoms with van der Waals surface area (Å²) in [6.45, 7) is 7.79. The summed E-state index contributed by atoms with van der Waals surface area (Å²) in [6, 6.07) is 8.90. The van der Waals surface area contributed by atoms with Crippen LogP contribution in [-0.2, 0) is 4.79 Å². The zero-order valence-corrected chi connectivity index (χ0v) is 15.2. The van der Waals surface area contributed by atoms with Crippen LogP contribution in [0.1, 0.15) is 70.2 Å². The van der Waals surface area contributed by atoms with Gasteiger partial charge in [0.05, 0.1) is 5.54 Å². The third-order valence-corrected chi connectivity index (χ3v) is 3.36. The number of nitrogens with one attached hydrogen (secondary N) is 1. The first kappa shape index (κ1) is 19.8. The molecule has 0 aliphatic heterocycles. The molecule has 0 aromatic heterocycles. The monoisotopic (exact) mass is 328 g/mol. The molecule has 1 aromatic carbocycles. The predicted molar refractivity (Wildman–Crippen MR) is 97.0 cm³/mol. The molecule has 0 spiro atoms. The molecule has 1 N–H and O–H groups in total. The summed E-state index contributed by atoms with van der Waals surface area (Å²) in [5.41, 5.74) is 2.78. The van der Waals surface area contributed by atoms with Crippen molar-refractivity contribution in [3.63, 3.8) is 0 Å². The van der Waals surface area contributed by atoms with E-state index in [-0.39, 0.29) is 11.8 Å². The van der Waals surface area contributed by atoms with E-state index >= 15 is 0 Å². The van der Waals surface area contributed by atoms with Crippen molar-refractivity contribution in [2.45, 2.75) is 65.3 Å². The Bertz CT molecular complexity index is 592. The van der Waals surface area contributed by atoms with E-state index in [0.717, 1.165) is 12.8 Å². The summed E-state index contributed by atoms with van der Waals surface area (Å²) in [4.78, 5) is 24.8. The second-order valence-electron chi connectivity index (χ2n) is 6.66. The van der Waals surface area contributed by atoms with Gasteiger partial charge >= 0.3 is 0 Å². The largest absolute Gasteiger partial charge is 0.273 e. The van der Waals surface area contributed by atoms with Crippen molar-refractivity contribution >= 4 is 11.8 Å². The number of hydrazine groups is 1. The van der Waals surface area contributed by atoms with Gasteiger partial charge in [0.25, 0.3) is 5.91 Å². The molecule has 0 aliphatic carbocycles. The van der Waals surface area contributed by atoms with Crippen LogP contribution >= 0.6 is 0 Å². The van der Waals surface area contributed by atoms with Crippen molar-refractivity contribution in [2.24, 2.45) is 0 Å². The van der Waals surface area contributed by atoms with E-state index in [1.807, 2.05) is 26.8 Å². The van der Waals surface area contributed by atoms with E-state index in [9.17, 15) is 9.59 Å². The highest BCUT2D eigenvalue weighted by Crippen LogP contribution is 2.14. The van der Waals surface area contributed by atoms with Crippen molar-refractivity contribution in [3.8, 4) is 11.8 Å². The fourth-order valence-corrected chi connectivity index (χ4v) is 2.10. The maximum Gasteiger partial charge on any atom is 0.269 e. The van der Waals surface area contributed by atoms with Crippen LogP contribution < -0.4 is 5.43 Å². The van der Waals surface area contributed by atoms with Crippen LogP contribution in [0.15, 0.2) is 30.3 Å². The first-order valence-electron chi connectivity index (χ1n) is 8.51. The van der Waals surface area contributed by atoms with E-state index in [1.54, 1.807) is 24.3 Å². The first-order chi connectivity index (χ1) is 11.4. The van der Waals surface area contributed by atoms with Gasteiger partial charge in [-0.3, -0.25) is 15.0 Å². The van der Waals surface area contributed by atoms with Gasteiger partial charge in [-0.1, -0.05) is 25.1 Å². The van der Waals surface area contributed by atoms with Gasteiger partial charge in [0.1, 0.15) is 0 Å². The minimum Gasteiger partial charge on any atom is -0.273 e. The van der Waals surface area contributed by atoms with Gasteiger partial charge in [-0.05, 0) is 45.7 Å². The molecular formula is C20H28N2O2. The Morgan fingerprint density at radius 2 is 1.71 bits per heavy atom. The first-order valence-corrected chi connectivity index (χ1v) is 8.51. The number of amides is 2. The van der Waals surface area contributed by atoms with Crippen molar-refractivity contribution in [3.05, 3.63) is 35.9 Å². The molecule has 0 atom stereocenters. The number of nitrogens with zero attached hydrogens (tertiary/aromatic N) is 1. The number of unbranched alkanes of at least 4 members (excludes halogenated alkanes) is 2. The van der Waals surface area contributed by atoms with Crippen LogP contribution in [0.2, 0.25) is 0 Å². The van der Waals surface area contributed by atoms with Crippen molar-refractivity contribution in [2.75, 3.05) is 0 Å². The number of hydrogen-bond donors (Lipinski definition) is 1. The Kier molecular flexibility index (Phi) is 8.05. The normalized spacial score (nSPS) is 10.5. The van der Waals surface area contributed by atoms with Crippen LogP contribution in [0.4, 0.5) is 0 Å². The number of hydrogen-bond acceptors (Lipinski definition) is 2. The zero-order chi connectivity index (χ0) is 18.0. The van der Waals surface area contributed by atoms with Crippen LogP contribution in [0.5, 0.6) is 0 Å². The summed E-state index contributed by atoms with van der Waals surface area (Å²) in [7, 11) is 0. The quantitative estimate of drug-likeness (QED) is 0.506. The molecule has 0 fully saturated rings. The maximum absolute atomic E-state index is 12.5. The van der Waals surface area contributed by atoms with Gasteiger partial charge in [0.2, 0.25) is 5.91 Å². The van der Waals surface area contributed by atoms with Gasteiger partial charge in [-0.25, -0.2) is 5.01 Å². The molecule has 1 rings (SSSR count). The standard InChI is InChI=1S/C20H28N2O2/c1-5-6-7-8-9-13-16-18(23)22(20(2,3)4)21-19(24)17-14-11-10-12-15-17/h10-12,14-15H,5-6,9,13,16H2,1-4H3,(H,21,24). The Labute approximate surface area is 145 Å². The second-order valence-corrected chi connectivity index (χ2v) is 6.66. The summed E-state index contributed by atoms with van der Waals surface area (Å²) < 4.78 is 0. The molecule has 0 saturated heterocycles. The van der Waals surface area contributed by atoms with Crippen molar-refractivity contribution < 1.29 is 9.59 Å². The Morgan fingerprint density at radius 3 is 2.29 bits per heavy atom. The van der Waals surface area contributed by atoms with Crippen molar-refractivity contribution in [1.29, 1.82) is 0 Å². The van der Waals surface area contributed by atoms with Crippen LogP contribution in [-0.4, -0.2) is 22.4 Å². The molecule has 24 heavy (non-hydrogen) atoms. The molecule has 0 bridgehead atoms. The average molecular weight is 328 g/mol. The zero-order valence-electron chi connectivity index (χ0n) is 15.2. The van der Waals surface area contributed by atoms with Gasteiger partial charge < -0.3 is 0 Å². The second kappa shape index (κ2) is 9.77. The molecule has 0 saturated carbocycles. The van der Waals surface area contributed by atoms with Gasteiger partial charge in [0, 0.05) is 24.8 Å². The maximum atomic E-state index is 12.5. The molecule has 0 aliphatic rings. The highest BCUT2D eigenvalue weighted by Gasteiger charge is 2.28. The summed E-state index contributed by atoms with van der Waals surface area (Å²) in [5, 5.41) is 1.43. The Hall–Kier alpha value is -2.28. The van der Waals surface area contributed by atoms with Gasteiger partial charge in [0.15, 0.2) is 0 Å². The fourth-order valence-electron chi connectivity index (χ4n) is 2.10. The molecule has 1 aromatic rings. The highest BCUT2D eigenvalue weighted by molar-refractivity contribution is 5.95. The highest BCUT2D eigenvalue weighted by atomic mass is 16.2. The minimum absolute atomic E-state index is 0.0935. The summed E-state index contributed by atoms with van der Waals surface area (Å²) >= 11 is 0. The number of rotatable bonds is 5. The molecule has 0 heterocycles. The van der Waals surface area contributed by atoms with Crippen LogP contribution in [0.25, 0.3) is 0 Å². The Morgan fingerprint density at radius 1 is 1.08 bits per heavy atom. The molecular weight excluding hydrogens is 300 g/mol. The number of carbonyl (C=O) groups excluding carboxylic acids is 2. The molecule has 4 nitrogen and oxygen atoms in total. The van der Waals surface area contributed by atoms with E-state index < -0.39 is 5.54 Å². The molecule has 0 radical (unpaired) electrons. The minimum atomic E-state index is -0.491. The lowest BCUT2D eigenvalue weighted by molar-refractivity contribution is -0.139. The lowest BCUT2D eigenvalue weighted by Crippen LogP contribution is -2.55.